The summed E-state index contributed by atoms with van der Waals surface area (Å²) in [4.78, 5) is 14.8. The summed E-state index contributed by atoms with van der Waals surface area (Å²) < 4.78 is 0. The molecule has 2 aliphatic rings. The lowest BCUT2D eigenvalue weighted by Crippen LogP contribution is -2.42. The third-order valence-electron chi connectivity index (χ3n) is 5.75. The van der Waals surface area contributed by atoms with Crippen molar-refractivity contribution in [1.29, 1.82) is 0 Å². The number of rotatable bonds is 4. The molecule has 1 unspecified atom stereocenters. The largest absolute Gasteiger partial charge is 0.348 e. The van der Waals surface area contributed by atoms with E-state index in [4.69, 9.17) is 0 Å². The molecule has 2 aliphatic carbocycles. The minimum atomic E-state index is 0.139. The highest BCUT2D eigenvalue weighted by atomic mass is 16.2. The molecule has 130 valence electrons. The molecule has 0 saturated heterocycles. The summed E-state index contributed by atoms with van der Waals surface area (Å²) in [7, 11) is 2.07. The maximum Gasteiger partial charge on any atom is 0.234 e. The molecule has 0 radical (unpaired) electrons. The van der Waals surface area contributed by atoms with E-state index in [9.17, 15) is 4.79 Å². The monoisotopic (exact) mass is 334 g/mol. The second kappa shape index (κ2) is 7.01. The maximum absolute atomic E-state index is 12.6. The molecule has 25 heavy (non-hydrogen) atoms. The summed E-state index contributed by atoms with van der Waals surface area (Å²) in [5.41, 5.74) is 5.55. The van der Waals surface area contributed by atoms with Crippen molar-refractivity contribution in [3.63, 3.8) is 0 Å². The highest BCUT2D eigenvalue weighted by Gasteiger charge is 2.27. The first-order valence-electron chi connectivity index (χ1n) is 9.35. The molecular formula is C22H26N2O. The summed E-state index contributed by atoms with van der Waals surface area (Å²) >= 11 is 0. The zero-order chi connectivity index (χ0) is 17.2. The smallest absolute Gasteiger partial charge is 0.234 e. The standard InChI is InChI=1S/C22H26N2O/c1-24(19-13-17-8-2-3-9-18(17)14-19)15-22(25)23-21-12-6-10-16-7-4-5-11-20(16)21/h2-5,7-9,11,19,21H,6,10,12-15H2,1H3,(H,23,25). The maximum atomic E-state index is 12.6. The Hall–Kier alpha value is -2.13. The zero-order valence-electron chi connectivity index (χ0n) is 14.9. The molecule has 0 aliphatic heterocycles. The van der Waals surface area contributed by atoms with Gasteiger partial charge in [0.25, 0.3) is 0 Å². The molecule has 3 nitrogen and oxygen atoms in total. The van der Waals surface area contributed by atoms with Crippen LogP contribution in [0.1, 0.15) is 41.1 Å². The minimum absolute atomic E-state index is 0.139. The van der Waals surface area contributed by atoms with Crippen LogP contribution in [0.25, 0.3) is 0 Å². The molecule has 2 aromatic carbocycles. The quantitative estimate of drug-likeness (QED) is 0.931. The van der Waals surface area contributed by atoms with Crippen molar-refractivity contribution in [2.75, 3.05) is 13.6 Å². The number of amides is 1. The minimum Gasteiger partial charge on any atom is -0.348 e. The molecule has 0 fully saturated rings. The Morgan fingerprint density at radius 2 is 1.68 bits per heavy atom. The van der Waals surface area contributed by atoms with Crippen molar-refractivity contribution in [3.8, 4) is 0 Å². The van der Waals surface area contributed by atoms with Crippen LogP contribution in [0.2, 0.25) is 0 Å². The van der Waals surface area contributed by atoms with Crippen LogP contribution < -0.4 is 5.32 Å². The average molecular weight is 334 g/mol. The fourth-order valence-electron chi connectivity index (χ4n) is 4.35. The average Bonchev–Trinajstić information content (AvgIpc) is 3.06. The van der Waals surface area contributed by atoms with E-state index in [2.05, 4.69) is 65.8 Å². The number of likely N-dealkylation sites (N-methyl/N-ethyl adjacent to an activating group) is 1. The predicted molar refractivity (Wildman–Crippen MR) is 101 cm³/mol. The Bertz CT molecular complexity index is 745. The normalized spacial score (nSPS) is 19.5. The number of nitrogens with zero attached hydrogens (tertiary/aromatic N) is 1. The predicted octanol–water partition coefficient (Wildman–Crippen LogP) is 3.28. The lowest BCUT2D eigenvalue weighted by molar-refractivity contribution is -0.123. The molecule has 2 aromatic rings. The molecule has 3 heteroatoms. The van der Waals surface area contributed by atoms with E-state index in [0.29, 0.717) is 12.6 Å². The molecule has 4 rings (SSSR count). The van der Waals surface area contributed by atoms with Crippen molar-refractivity contribution >= 4 is 5.91 Å². The molecule has 0 saturated carbocycles. The van der Waals surface area contributed by atoms with Gasteiger partial charge in [-0.2, -0.15) is 0 Å². The van der Waals surface area contributed by atoms with Crippen LogP contribution in [0.15, 0.2) is 48.5 Å². The number of carbonyl (C=O) groups excluding carboxylic acids is 1. The summed E-state index contributed by atoms with van der Waals surface area (Å²) in [6, 6.07) is 17.8. The molecule has 0 spiro atoms. The molecule has 0 aromatic heterocycles. The van der Waals surface area contributed by atoms with E-state index in [-0.39, 0.29) is 11.9 Å². The summed E-state index contributed by atoms with van der Waals surface area (Å²) in [6.45, 7) is 0.470. The van der Waals surface area contributed by atoms with Gasteiger partial charge in [-0.25, -0.2) is 0 Å². The molecule has 0 bridgehead atoms. The molecule has 1 amide bonds. The number of hydrogen-bond donors (Lipinski definition) is 1. The first-order chi connectivity index (χ1) is 12.2. The number of fused-ring (bicyclic) bond motifs is 2. The van der Waals surface area contributed by atoms with Gasteiger partial charge in [-0.1, -0.05) is 48.5 Å². The third-order valence-corrected chi connectivity index (χ3v) is 5.75. The van der Waals surface area contributed by atoms with E-state index in [1.54, 1.807) is 0 Å². The summed E-state index contributed by atoms with van der Waals surface area (Å²) in [5.74, 6) is 0.139. The molecule has 1 atom stereocenters. The van der Waals surface area contributed by atoms with Crippen LogP contribution in [0.4, 0.5) is 0 Å². The Kier molecular flexibility index (Phi) is 4.58. The van der Waals surface area contributed by atoms with Gasteiger partial charge in [0.05, 0.1) is 12.6 Å². The van der Waals surface area contributed by atoms with E-state index in [1.807, 2.05) is 0 Å². The van der Waals surface area contributed by atoms with Crippen LogP contribution in [0.5, 0.6) is 0 Å². The third kappa shape index (κ3) is 3.47. The lowest BCUT2D eigenvalue weighted by Gasteiger charge is -2.28. The van der Waals surface area contributed by atoms with Crippen LogP contribution in [-0.4, -0.2) is 30.4 Å². The van der Waals surface area contributed by atoms with Crippen molar-refractivity contribution in [2.24, 2.45) is 0 Å². The number of aryl methyl sites for hydroxylation is 1. The van der Waals surface area contributed by atoms with Crippen molar-refractivity contribution in [1.82, 2.24) is 10.2 Å². The topological polar surface area (TPSA) is 32.3 Å². The fourth-order valence-corrected chi connectivity index (χ4v) is 4.35. The first kappa shape index (κ1) is 16.3. The van der Waals surface area contributed by atoms with Gasteiger partial charge < -0.3 is 5.32 Å². The van der Waals surface area contributed by atoms with Crippen LogP contribution >= 0.6 is 0 Å². The molecule has 1 N–H and O–H groups in total. The Morgan fingerprint density at radius 3 is 2.40 bits per heavy atom. The van der Waals surface area contributed by atoms with Crippen molar-refractivity contribution in [3.05, 3.63) is 70.8 Å². The van der Waals surface area contributed by atoms with E-state index >= 15 is 0 Å². The number of nitrogens with one attached hydrogen (secondary N) is 1. The van der Waals surface area contributed by atoms with E-state index < -0.39 is 0 Å². The van der Waals surface area contributed by atoms with Gasteiger partial charge in [0.1, 0.15) is 0 Å². The highest BCUT2D eigenvalue weighted by Crippen LogP contribution is 2.29. The van der Waals surface area contributed by atoms with E-state index in [0.717, 1.165) is 32.1 Å². The van der Waals surface area contributed by atoms with Gasteiger partial charge in [0, 0.05) is 6.04 Å². The highest BCUT2D eigenvalue weighted by molar-refractivity contribution is 5.78. The van der Waals surface area contributed by atoms with E-state index in [1.165, 1.54) is 22.3 Å². The molecular weight excluding hydrogens is 308 g/mol. The summed E-state index contributed by atoms with van der Waals surface area (Å²) in [6.07, 6.45) is 5.41. The van der Waals surface area contributed by atoms with Crippen molar-refractivity contribution < 1.29 is 4.79 Å². The number of hydrogen-bond acceptors (Lipinski definition) is 2. The van der Waals surface area contributed by atoms with Crippen molar-refractivity contribution in [2.45, 2.75) is 44.2 Å². The lowest BCUT2D eigenvalue weighted by atomic mass is 9.88. The van der Waals surface area contributed by atoms with Gasteiger partial charge in [-0.05, 0) is 61.4 Å². The Balaban J connectivity index is 1.36. The van der Waals surface area contributed by atoms with Gasteiger partial charge in [-0.3, -0.25) is 9.69 Å². The molecule has 0 heterocycles. The Morgan fingerprint density at radius 1 is 1.04 bits per heavy atom. The second-order valence-electron chi connectivity index (χ2n) is 7.46. The fraction of sp³-hybridized carbons (Fsp3) is 0.409. The second-order valence-corrected chi connectivity index (χ2v) is 7.46. The van der Waals surface area contributed by atoms with Gasteiger partial charge >= 0.3 is 0 Å². The number of benzene rings is 2. The van der Waals surface area contributed by atoms with Gasteiger partial charge in [-0.15, -0.1) is 0 Å². The SMILES string of the molecule is CN(CC(=O)NC1CCCc2ccccc21)C1Cc2ccccc2C1. The number of carbonyl (C=O) groups is 1. The Labute approximate surface area is 150 Å². The van der Waals surface area contributed by atoms with Crippen LogP contribution in [-0.2, 0) is 24.1 Å². The summed E-state index contributed by atoms with van der Waals surface area (Å²) in [5, 5.41) is 3.27. The van der Waals surface area contributed by atoms with Gasteiger partial charge in [0.2, 0.25) is 5.91 Å². The van der Waals surface area contributed by atoms with Gasteiger partial charge in [0.15, 0.2) is 0 Å². The first-order valence-corrected chi connectivity index (χ1v) is 9.35. The van der Waals surface area contributed by atoms with Crippen LogP contribution in [0, 0.1) is 0 Å². The van der Waals surface area contributed by atoms with Crippen LogP contribution in [0.3, 0.4) is 0 Å². The zero-order valence-corrected chi connectivity index (χ0v) is 14.9.